The van der Waals surface area contributed by atoms with E-state index in [4.69, 9.17) is 10.5 Å². The van der Waals surface area contributed by atoms with Gasteiger partial charge in [-0.25, -0.2) is 0 Å². The first kappa shape index (κ1) is 15.9. The van der Waals surface area contributed by atoms with Gasteiger partial charge in [0.2, 0.25) is 0 Å². The Labute approximate surface area is 113 Å². The van der Waals surface area contributed by atoms with Gasteiger partial charge in [-0.2, -0.15) is 0 Å². The Morgan fingerprint density at radius 2 is 2.06 bits per heavy atom. The second-order valence-electron chi connectivity index (χ2n) is 6.16. The van der Waals surface area contributed by atoms with Crippen LogP contribution in [0.2, 0.25) is 0 Å². The van der Waals surface area contributed by atoms with Gasteiger partial charge in [-0.3, -0.25) is 4.90 Å². The van der Waals surface area contributed by atoms with Crippen LogP contribution in [0.15, 0.2) is 0 Å². The van der Waals surface area contributed by atoms with E-state index in [1.807, 2.05) is 0 Å². The largest absolute Gasteiger partial charge is 0.377 e. The molecule has 0 spiro atoms. The van der Waals surface area contributed by atoms with Crippen LogP contribution in [-0.2, 0) is 4.74 Å². The van der Waals surface area contributed by atoms with Gasteiger partial charge >= 0.3 is 0 Å². The van der Waals surface area contributed by atoms with Crippen molar-refractivity contribution in [1.82, 2.24) is 4.90 Å². The van der Waals surface area contributed by atoms with Crippen molar-refractivity contribution in [3.05, 3.63) is 0 Å². The summed E-state index contributed by atoms with van der Waals surface area (Å²) in [6.07, 6.45) is 3.90. The minimum absolute atomic E-state index is 0.396. The van der Waals surface area contributed by atoms with Crippen molar-refractivity contribution in [2.24, 2.45) is 17.6 Å². The zero-order chi connectivity index (χ0) is 13.5. The van der Waals surface area contributed by atoms with Gasteiger partial charge < -0.3 is 10.5 Å². The van der Waals surface area contributed by atoms with Crippen molar-refractivity contribution in [2.45, 2.75) is 59.1 Å². The predicted molar refractivity (Wildman–Crippen MR) is 77.7 cm³/mol. The van der Waals surface area contributed by atoms with Crippen LogP contribution in [0.4, 0.5) is 0 Å². The normalized spacial score (nSPS) is 26.0. The molecule has 1 saturated heterocycles. The average Bonchev–Trinajstić information content (AvgIpc) is 2.54. The molecule has 2 N–H and O–H groups in total. The second kappa shape index (κ2) is 8.13. The number of rotatable bonds is 6. The van der Waals surface area contributed by atoms with Gasteiger partial charge in [0.25, 0.3) is 0 Å². The van der Waals surface area contributed by atoms with Crippen molar-refractivity contribution in [2.75, 3.05) is 26.2 Å². The van der Waals surface area contributed by atoms with Gasteiger partial charge in [0, 0.05) is 32.3 Å². The molecule has 0 saturated carbocycles. The van der Waals surface area contributed by atoms with Crippen LogP contribution in [0.25, 0.3) is 0 Å². The van der Waals surface area contributed by atoms with Crippen LogP contribution in [0.3, 0.4) is 0 Å². The molecular formula is C15H32N2O. The van der Waals surface area contributed by atoms with Crippen molar-refractivity contribution < 1.29 is 4.74 Å². The molecule has 0 aromatic rings. The molecule has 3 atom stereocenters. The fourth-order valence-corrected chi connectivity index (χ4v) is 3.11. The summed E-state index contributed by atoms with van der Waals surface area (Å²) in [6, 6.07) is 0.517. The number of nitrogens with two attached hydrogens (primary N) is 1. The van der Waals surface area contributed by atoms with E-state index in [0.29, 0.717) is 18.1 Å². The van der Waals surface area contributed by atoms with E-state index in [1.165, 1.54) is 6.42 Å². The maximum Gasteiger partial charge on any atom is 0.0699 e. The Balaban J connectivity index is 2.61. The highest BCUT2D eigenvalue weighted by Crippen LogP contribution is 2.21. The van der Waals surface area contributed by atoms with Crippen LogP contribution in [0.5, 0.6) is 0 Å². The summed E-state index contributed by atoms with van der Waals surface area (Å²) in [4.78, 5) is 2.58. The Hall–Kier alpha value is -0.120. The second-order valence-corrected chi connectivity index (χ2v) is 6.16. The number of hydrogen-bond donors (Lipinski definition) is 1. The molecule has 0 aromatic carbocycles. The zero-order valence-electron chi connectivity index (χ0n) is 12.7. The zero-order valence-corrected chi connectivity index (χ0v) is 12.7. The molecule has 0 aliphatic carbocycles. The first-order valence-corrected chi connectivity index (χ1v) is 7.64. The summed E-state index contributed by atoms with van der Waals surface area (Å²) in [5.41, 5.74) is 6.04. The van der Waals surface area contributed by atoms with E-state index < -0.39 is 0 Å². The highest BCUT2D eigenvalue weighted by atomic mass is 16.5. The minimum Gasteiger partial charge on any atom is -0.377 e. The molecular weight excluding hydrogens is 224 g/mol. The summed E-state index contributed by atoms with van der Waals surface area (Å²) in [6.45, 7) is 13.0. The molecule has 1 aliphatic rings. The SMILES string of the molecule is CCC1CN(C(CN)C(C)CC(C)C)CCCO1. The molecule has 108 valence electrons. The van der Waals surface area contributed by atoms with Crippen molar-refractivity contribution in [3.63, 3.8) is 0 Å². The summed E-state index contributed by atoms with van der Waals surface area (Å²) in [7, 11) is 0. The molecule has 0 aromatic heterocycles. The fraction of sp³-hybridized carbons (Fsp3) is 1.00. The lowest BCUT2D eigenvalue weighted by Gasteiger charge is -2.36. The van der Waals surface area contributed by atoms with Gasteiger partial charge in [0.05, 0.1) is 6.10 Å². The molecule has 1 heterocycles. The maximum atomic E-state index is 6.04. The van der Waals surface area contributed by atoms with Crippen LogP contribution in [0, 0.1) is 11.8 Å². The fourth-order valence-electron chi connectivity index (χ4n) is 3.11. The monoisotopic (exact) mass is 256 g/mol. The van der Waals surface area contributed by atoms with Crippen LogP contribution in [-0.4, -0.2) is 43.3 Å². The third kappa shape index (κ3) is 4.87. The van der Waals surface area contributed by atoms with Gasteiger partial charge in [0.15, 0.2) is 0 Å². The van der Waals surface area contributed by atoms with Crippen LogP contribution < -0.4 is 5.73 Å². The first-order valence-electron chi connectivity index (χ1n) is 7.64. The van der Waals surface area contributed by atoms with Crippen molar-refractivity contribution in [1.29, 1.82) is 0 Å². The van der Waals surface area contributed by atoms with E-state index in [-0.39, 0.29) is 0 Å². The predicted octanol–water partition coefficient (Wildman–Crippen LogP) is 2.50. The van der Waals surface area contributed by atoms with E-state index in [2.05, 4.69) is 32.6 Å². The minimum atomic E-state index is 0.396. The Morgan fingerprint density at radius 3 is 2.61 bits per heavy atom. The third-order valence-electron chi connectivity index (χ3n) is 4.05. The lowest BCUT2D eigenvalue weighted by Crippen LogP contribution is -2.47. The average molecular weight is 256 g/mol. The highest BCUT2D eigenvalue weighted by Gasteiger charge is 2.27. The highest BCUT2D eigenvalue weighted by molar-refractivity contribution is 4.82. The molecule has 0 radical (unpaired) electrons. The van der Waals surface area contributed by atoms with Gasteiger partial charge in [-0.15, -0.1) is 0 Å². The quantitative estimate of drug-likeness (QED) is 0.793. The summed E-state index contributed by atoms with van der Waals surface area (Å²) < 4.78 is 5.86. The maximum absolute atomic E-state index is 6.04. The third-order valence-corrected chi connectivity index (χ3v) is 4.05. The van der Waals surface area contributed by atoms with Gasteiger partial charge in [-0.1, -0.05) is 27.7 Å². The molecule has 0 amide bonds. The van der Waals surface area contributed by atoms with E-state index in [1.54, 1.807) is 0 Å². The van der Waals surface area contributed by atoms with E-state index in [9.17, 15) is 0 Å². The molecule has 1 fully saturated rings. The molecule has 18 heavy (non-hydrogen) atoms. The van der Waals surface area contributed by atoms with Crippen molar-refractivity contribution in [3.8, 4) is 0 Å². The van der Waals surface area contributed by atoms with E-state index in [0.717, 1.165) is 45.0 Å². The molecule has 3 unspecified atom stereocenters. The molecule has 1 rings (SSSR count). The summed E-state index contributed by atoms with van der Waals surface area (Å²) in [5.74, 6) is 1.42. The summed E-state index contributed by atoms with van der Waals surface area (Å²) >= 11 is 0. The standard InChI is InChI=1S/C15H32N2O/c1-5-14-11-17(7-6-8-18-14)15(10-16)13(4)9-12(2)3/h12-15H,5-11,16H2,1-4H3. The van der Waals surface area contributed by atoms with E-state index >= 15 is 0 Å². The smallest absolute Gasteiger partial charge is 0.0699 e. The molecule has 3 nitrogen and oxygen atoms in total. The van der Waals surface area contributed by atoms with Gasteiger partial charge in [-0.05, 0) is 31.1 Å². The Bertz CT molecular complexity index is 221. The summed E-state index contributed by atoms with van der Waals surface area (Å²) in [5, 5.41) is 0. The number of ether oxygens (including phenoxy) is 1. The molecule has 3 heteroatoms. The van der Waals surface area contributed by atoms with Crippen molar-refractivity contribution >= 4 is 0 Å². The lowest BCUT2D eigenvalue weighted by molar-refractivity contribution is 0.0397. The molecule has 1 aliphatic heterocycles. The molecule has 0 bridgehead atoms. The number of hydrogen-bond acceptors (Lipinski definition) is 3. The van der Waals surface area contributed by atoms with Crippen LogP contribution in [0.1, 0.15) is 47.0 Å². The van der Waals surface area contributed by atoms with Gasteiger partial charge in [0.1, 0.15) is 0 Å². The van der Waals surface area contributed by atoms with Crippen LogP contribution >= 0.6 is 0 Å². The topological polar surface area (TPSA) is 38.5 Å². The lowest BCUT2D eigenvalue weighted by atomic mass is 9.90. The first-order chi connectivity index (χ1) is 8.58. The Kier molecular flexibility index (Phi) is 7.20. The Morgan fingerprint density at radius 1 is 1.33 bits per heavy atom. The number of nitrogens with zero attached hydrogens (tertiary/aromatic N) is 1.